The van der Waals surface area contributed by atoms with Gasteiger partial charge in [-0.25, -0.2) is 8.42 Å². The summed E-state index contributed by atoms with van der Waals surface area (Å²) in [5, 5.41) is 5.77. The Morgan fingerprint density at radius 1 is 1.17 bits per heavy atom. The Balaban J connectivity index is 1.65. The first-order chi connectivity index (χ1) is 13.9. The van der Waals surface area contributed by atoms with E-state index in [9.17, 15) is 13.2 Å². The van der Waals surface area contributed by atoms with Crippen LogP contribution in [0.15, 0.2) is 47.4 Å². The van der Waals surface area contributed by atoms with Crippen LogP contribution < -0.4 is 15.4 Å². The number of amides is 1. The molecule has 1 amide bonds. The number of nitrogens with one attached hydrogen (secondary N) is 2. The molecular formula is C20H25N3O5S. The first-order valence-electron chi connectivity index (χ1n) is 9.26. The van der Waals surface area contributed by atoms with E-state index in [1.807, 2.05) is 19.1 Å². The fraction of sp³-hybridized carbons (Fsp3) is 0.350. The normalized spacial score (nSPS) is 15.0. The Labute approximate surface area is 170 Å². The lowest BCUT2D eigenvalue weighted by molar-refractivity contribution is -0.114. The van der Waals surface area contributed by atoms with E-state index in [0.29, 0.717) is 43.4 Å². The molecule has 3 rings (SSSR count). The summed E-state index contributed by atoms with van der Waals surface area (Å²) in [5.41, 5.74) is 2.13. The van der Waals surface area contributed by atoms with Gasteiger partial charge in [0.25, 0.3) is 0 Å². The second-order valence-corrected chi connectivity index (χ2v) is 8.59. The molecule has 9 heteroatoms. The Hall–Kier alpha value is -2.62. The smallest absolute Gasteiger partial charge is 0.243 e. The van der Waals surface area contributed by atoms with Gasteiger partial charge >= 0.3 is 0 Å². The van der Waals surface area contributed by atoms with Crippen LogP contribution in [0.4, 0.5) is 11.4 Å². The van der Waals surface area contributed by atoms with Gasteiger partial charge in [-0.2, -0.15) is 4.31 Å². The maximum atomic E-state index is 12.8. The van der Waals surface area contributed by atoms with Gasteiger partial charge in [-0.3, -0.25) is 4.79 Å². The number of hydrogen-bond donors (Lipinski definition) is 2. The second kappa shape index (κ2) is 9.25. The molecule has 2 N–H and O–H groups in total. The minimum Gasteiger partial charge on any atom is -0.495 e. The van der Waals surface area contributed by atoms with Crippen LogP contribution in [-0.2, 0) is 19.6 Å². The molecule has 0 spiro atoms. The van der Waals surface area contributed by atoms with E-state index < -0.39 is 10.0 Å². The number of ether oxygens (including phenoxy) is 2. The lowest BCUT2D eigenvalue weighted by Crippen LogP contribution is -2.40. The molecule has 0 radical (unpaired) electrons. The highest BCUT2D eigenvalue weighted by Gasteiger charge is 2.26. The monoisotopic (exact) mass is 419 g/mol. The van der Waals surface area contributed by atoms with Crippen molar-refractivity contribution in [2.45, 2.75) is 11.8 Å². The molecule has 0 atom stereocenters. The number of carbonyl (C=O) groups is 1. The molecule has 29 heavy (non-hydrogen) atoms. The first kappa shape index (κ1) is 21.1. The summed E-state index contributed by atoms with van der Waals surface area (Å²) in [7, 11) is -2.05. The van der Waals surface area contributed by atoms with Crippen molar-refractivity contribution >= 4 is 27.3 Å². The molecule has 1 aliphatic rings. The standard InChI is InChI=1S/C20H25N3O5S/c1-15-6-7-19(27-2)18(12-15)22-20(24)14-21-16-4-3-5-17(13-16)29(25,26)23-8-10-28-11-9-23/h3-7,12-13,21H,8-11,14H2,1-2H3,(H,22,24). The predicted octanol–water partition coefficient (Wildman–Crippen LogP) is 2.08. The summed E-state index contributed by atoms with van der Waals surface area (Å²) in [6.07, 6.45) is 0. The summed E-state index contributed by atoms with van der Waals surface area (Å²) in [6, 6.07) is 12.0. The van der Waals surface area contributed by atoms with E-state index in [1.54, 1.807) is 31.4 Å². The van der Waals surface area contributed by atoms with Crippen molar-refractivity contribution in [3.63, 3.8) is 0 Å². The highest BCUT2D eigenvalue weighted by molar-refractivity contribution is 7.89. The predicted molar refractivity (Wildman–Crippen MR) is 111 cm³/mol. The van der Waals surface area contributed by atoms with Crippen molar-refractivity contribution in [3.05, 3.63) is 48.0 Å². The van der Waals surface area contributed by atoms with Gasteiger partial charge < -0.3 is 20.1 Å². The molecule has 0 unspecified atom stereocenters. The zero-order valence-electron chi connectivity index (χ0n) is 16.5. The number of nitrogens with zero attached hydrogens (tertiary/aromatic N) is 1. The topological polar surface area (TPSA) is 97.0 Å². The Bertz CT molecular complexity index is 972. The highest BCUT2D eigenvalue weighted by atomic mass is 32.2. The Kier molecular flexibility index (Phi) is 6.73. The molecule has 0 aromatic heterocycles. The van der Waals surface area contributed by atoms with Gasteiger partial charge in [-0.1, -0.05) is 12.1 Å². The van der Waals surface area contributed by atoms with E-state index >= 15 is 0 Å². The number of sulfonamides is 1. The molecule has 0 bridgehead atoms. The average molecular weight is 420 g/mol. The van der Waals surface area contributed by atoms with Crippen molar-refractivity contribution in [1.82, 2.24) is 4.31 Å². The van der Waals surface area contributed by atoms with Crippen molar-refractivity contribution in [2.75, 3.05) is 50.6 Å². The quantitative estimate of drug-likeness (QED) is 0.713. The zero-order chi connectivity index (χ0) is 20.9. The van der Waals surface area contributed by atoms with Crippen LogP contribution in [-0.4, -0.2) is 58.6 Å². The first-order valence-corrected chi connectivity index (χ1v) is 10.7. The number of hydrogen-bond acceptors (Lipinski definition) is 6. The van der Waals surface area contributed by atoms with Gasteiger partial charge in [0, 0.05) is 18.8 Å². The number of benzene rings is 2. The van der Waals surface area contributed by atoms with E-state index in [2.05, 4.69) is 10.6 Å². The molecule has 8 nitrogen and oxygen atoms in total. The largest absolute Gasteiger partial charge is 0.495 e. The molecule has 1 heterocycles. The number of methoxy groups -OCH3 is 1. The number of anilines is 2. The van der Waals surface area contributed by atoms with Gasteiger partial charge in [0.2, 0.25) is 15.9 Å². The lowest BCUT2D eigenvalue weighted by Gasteiger charge is -2.26. The molecule has 2 aromatic rings. The molecule has 0 saturated carbocycles. The van der Waals surface area contributed by atoms with Crippen LogP contribution in [0.3, 0.4) is 0 Å². The van der Waals surface area contributed by atoms with Crippen LogP contribution in [0.2, 0.25) is 0 Å². The molecule has 0 aliphatic carbocycles. The summed E-state index contributed by atoms with van der Waals surface area (Å²) < 4.78 is 37.4. The highest BCUT2D eigenvalue weighted by Crippen LogP contribution is 2.25. The zero-order valence-corrected chi connectivity index (χ0v) is 17.3. The number of carbonyl (C=O) groups excluding carboxylic acids is 1. The van der Waals surface area contributed by atoms with Crippen LogP contribution >= 0.6 is 0 Å². The molecule has 1 aliphatic heterocycles. The summed E-state index contributed by atoms with van der Waals surface area (Å²) in [5.74, 6) is 0.304. The summed E-state index contributed by atoms with van der Waals surface area (Å²) >= 11 is 0. The van der Waals surface area contributed by atoms with E-state index in [0.717, 1.165) is 5.56 Å². The van der Waals surface area contributed by atoms with Gasteiger partial charge in [-0.15, -0.1) is 0 Å². The number of morpholine rings is 1. The third-order valence-corrected chi connectivity index (χ3v) is 6.42. The molecule has 2 aromatic carbocycles. The number of rotatable bonds is 7. The van der Waals surface area contributed by atoms with Crippen molar-refractivity contribution in [2.24, 2.45) is 0 Å². The summed E-state index contributed by atoms with van der Waals surface area (Å²) in [4.78, 5) is 12.5. The van der Waals surface area contributed by atoms with Gasteiger partial charge in [0.1, 0.15) is 5.75 Å². The molecule has 156 valence electrons. The summed E-state index contributed by atoms with van der Waals surface area (Å²) in [6.45, 7) is 3.35. The maximum absolute atomic E-state index is 12.8. The Morgan fingerprint density at radius 2 is 1.93 bits per heavy atom. The van der Waals surface area contributed by atoms with Gasteiger partial charge in [-0.05, 0) is 42.8 Å². The molecule has 1 fully saturated rings. The van der Waals surface area contributed by atoms with Crippen LogP contribution in [0.5, 0.6) is 5.75 Å². The third kappa shape index (κ3) is 5.26. The van der Waals surface area contributed by atoms with Crippen LogP contribution in [0.1, 0.15) is 5.56 Å². The molecular weight excluding hydrogens is 394 g/mol. The maximum Gasteiger partial charge on any atom is 0.243 e. The fourth-order valence-corrected chi connectivity index (χ4v) is 4.45. The average Bonchev–Trinajstić information content (AvgIpc) is 2.73. The second-order valence-electron chi connectivity index (χ2n) is 6.65. The minimum absolute atomic E-state index is 0.0157. The molecule has 1 saturated heterocycles. The van der Waals surface area contributed by atoms with E-state index in [1.165, 1.54) is 10.4 Å². The minimum atomic E-state index is -3.59. The van der Waals surface area contributed by atoms with E-state index in [4.69, 9.17) is 9.47 Å². The lowest BCUT2D eigenvalue weighted by atomic mass is 10.2. The van der Waals surface area contributed by atoms with E-state index in [-0.39, 0.29) is 17.3 Å². The van der Waals surface area contributed by atoms with Crippen molar-refractivity contribution < 1.29 is 22.7 Å². The van der Waals surface area contributed by atoms with Crippen molar-refractivity contribution in [3.8, 4) is 5.75 Å². The fourth-order valence-electron chi connectivity index (χ4n) is 3.00. The van der Waals surface area contributed by atoms with Gasteiger partial charge in [0.05, 0.1) is 37.5 Å². The van der Waals surface area contributed by atoms with Crippen LogP contribution in [0.25, 0.3) is 0 Å². The van der Waals surface area contributed by atoms with Crippen molar-refractivity contribution in [1.29, 1.82) is 0 Å². The van der Waals surface area contributed by atoms with Crippen LogP contribution in [0, 0.1) is 6.92 Å². The van der Waals surface area contributed by atoms with Gasteiger partial charge in [0.15, 0.2) is 0 Å². The SMILES string of the molecule is COc1ccc(C)cc1NC(=O)CNc1cccc(S(=O)(=O)N2CCOCC2)c1. The Morgan fingerprint density at radius 3 is 2.66 bits per heavy atom. The third-order valence-electron chi connectivity index (χ3n) is 4.52. The number of aryl methyl sites for hydroxylation is 1.